The first kappa shape index (κ1) is 16.4. The van der Waals surface area contributed by atoms with Crippen LogP contribution in [0.2, 0.25) is 10.0 Å². The lowest BCUT2D eigenvalue weighted by molar-refractivity contribution is -0.136. The van der Waals surface area contributed by atoms with E-state index in [1.165, 1.54) is 17.7 Å². The van der Waals surface area contributed by atoms with Gasteiger partial charge in [0.25, 0.3) is 0 Å². The van der Waals surface area contributed by atoms with Crippen LogP contribution < -0.4 is 9.47 Å². The summed E-state index contributed by atoms with van der Waals surface area (Å²) in [5.74, 6) is 0.342. The Labute approximate surface area is 146 Å². The molecule has 2 aromatic rings. The van der Waals surface area contributed by atoms with Crippen molar-refractivity contribution in [3.63, 3.8) is 0 Å². The predicted molar refractivity (Wildman–Crippen MR) is 91.8 cm³/mol. The summed E-state index contributed by atoms with van der Waals surface area (Å²) in [6.07, 6.45) is 0. The van der Waals surface area contributed by atoms with Gasteiger partial charge in [0.2, 0.25) is 0 Å². The molecule has 2 rings (SSSR count). The van der Waals surface area contributed by atoms with E-state index in [0.29, 0.717) is 10.8 Å². The minimum Gasteiger partial charge on any atom is -0.482 e. The van der Waals surface area contributed by atoms with E-state index in [4.69, 9.17) is 32.7 Å². The highest BCUT2D eigenvalue weighted by atomic mass is 127. The normalized spacial score (nSPS) is 10.2. The molecular formula is C15H11Cl2IO3. The molecule has 0 aliphatic heterocycles. The van der Waals surface area contributed by atoms with E-state index in [2.05, 4.69) is 22.6 Å². The Morgan fingerprint density at radius 1 is 1.10 bits per heavy atom. The van der Waals surface area contributed by atoms with Gasteiger partial charge in [0.05, 0.1) is 5.02 Å². The fourth-order valence-electron chi connectivity index (χ4n) is 1.53. The molecule has 3 nitrogen and oxygen atoms in total. The van der Waals surface area contributed by atoms with E-state index in [1.54, 1.807) is 6.07 Å². The second-order valence-corrected chi connectivity index (χ2v) is 5.72. The minimum atomic E-state index is -0.530. The first-order valence-electron chi connectivity index (χ1n) is 6.02. The van der Waals surface area contributed by atoms with Crippen molar-refractivity contribution in [2.24, 2.45) is 0 Å². The number of carbonyl (C=O) groups is 1. The molecule has 0 fully saturated rings. The molecule has 2 aromatic carbocycles. The van der Waals surface area contributed by atoms with Crippen LogP contribution in [0, 0.1) is 0 Å². The molecule has 21 heavy (non-hydrogen) atoms. The zero-order valence-corrected chi connectivity index (χ0v) is 14.5. The van der Waals surface area contributed by atoms with Gasteiger partial charge in [0, 0.05) is 9.45 Å². The molecule has 0 N–H and O–H groups in total. The van der Waals surface area contributed by atoms with E-state index in [1.807, 2.05) is 24.3 Å². The Hall–Kier alpha value is -0.980. The zero-order valence-electron chi connectivity index (χ0n) is 10.8. The standard InChI is InChI=1S/C15H11Cl2IO3/c16-11-3-6-14(13(17)7-11)21-15(19)9-20-12-4-1-10(8-18)2-5-12/h1-7H,8-9H2. The van der Waals surface area contributed by atoms with E-state index >= 15 is 0 Å². The summed E-state index contributed by atoms with van der Waals surface area (Å²) in [6.45, 7) is -0.192. The van der Waals surface area contributed by atoms with Crippen LogP contribution in [-0.4, -0.2) is 12.6 Å². The average Bonchev–Trinajstić information content (AvgIpc) is 2.48. The first-order chi connectivity index (χ1) is 10.1. The maximum Gasteiger partial charge on any atom is 0.349 e. The van der Waals surface area contributed by atoms with Crippen LogP contribution in [0.25, 0.3) is 0 Å². The van der Waals surface area contributed by atoms with Crippen LogP contribution in [0.3, 0.4) is 0 Å². The molecule has 0 saturated heterocycles. The second kappa shape index (κ2) is 7.87. The van der Waals surface area contributed by atoms with E-state index < -0.39 is 5.97 Å². The highest BCUT2D eigenvalue weighted by Gasteiger charge is 2.09. The molecule has 0 unspecified atom stereocenters. The van der Waals surface area contributed by atoms with Gasteiger partial charge in [-0.3, -0.25) is 0 Å². The van der Waals surface area contributed by atoms with Crippen molar-refractivity contribution in [2.45, 2.75) is 4.43 Å². The van der Waals surface area contributed by atoms with Crippen molar-refractivity contribution >= 4 is 51.8 Å². The smallest absolute Gasteiger partial charge is 0.349 e. The molecular weight excluding hydrogens is 426 g/mol. The number of rotatable bonds is 5. The summed E-state index contributed by atoms with van der Waals surface area (Å²) in [5, 5.41) is 0.758. The van der Waals surface area contributed by atoms with Gasteiger partial charge in [-0.25, -0.2) is 4.79 Å². The molecule has 0 spiro atoms. The van der Waals surface area contributed by atoms with Gasteiger partial charge >= 0.3 is 5.97 Å². The molecule has 110 valence electrons. The maximum absolute atomic E-state index is 11.7. The fraction of sp³-hybridized carbons (Fsp3) is 0.133. The molecule has 0 saturated carbocycles. The summed E-state index contributed by atoms with van der Waals surface area (Å²) in [6, 6.07) is 12.2. The van der Waals surface area contributed by atoms with E-state index in [0.717, 1.165) is 4.43 Å². The number of benzene rings is 2. The second-order valence-electron chi connectivity index (χ2n) is 4.12. The third-order valence-electron chi connectivity index (χ3n) is 2.55. The quantitative estimate of drug-likeness (QED) is 0.289. The van der Waals surface area contributed by atoms with Crippen LogP contribution in [0.5, 0.6) is 11.5 Å². The maximum atomic E-state index is 11.7. The highest BCUT2D eigenvalue weighted by molar-refractivity contribution is 14.1. The largest absolute Gasteiger partial charge is 0.482 e. The van der Waals surface area contributed by atoms with Crippen molar-refractivity contribution in [3.8, 4) is 11.5 Å². The predicted octanol–water partition coefficient (Wildman–Crippen LogP) is 4.91. The Kier molecular flexibility index (Phi) is 6.14. The van der Waals surface area contributed by atoms with Crippen LogP contribution in [0.4, 0.5) is 0 Å². The van der Waals surface area contributed by atoms with E-state index in [9.17, 15) is 4.79 Å². The molecule has 0 aliphatic carbocycles. The molecule has 0 aliphatic rings. The van der Waals surface area contributed by atoms with Crippen molar-refractivity contribution in [3.05, 3.63) is 58.1 Å². The number of esters is 1. The Morgan fingerprint density at radius 2 is 1.81 bits per heavy atom. The minimum absolute atomic E-state index is 0.192. The lowest BCUT2D eigenvalue weighted by Gasteiger charge is -2.08. The molecule has 0 aromatic heterocycles. The molecule has 0 bridgehead atoms. The lowest BCUT2D eigenvalue weighted by Crippen LogP contribution is -2.17. The van der Waals surface area contributed by atoms with Crippen molar-refractivity contribution in [2.75, 3.05) is 6.61 Å². The first-order valence-corrected chi connectivity index (χ1v) is 8.30. The van der Waals surface area contributed by atoms with Gasteiger partial charge < -0.3 is 9.47 Å². The summed E-state index contributed by atoms with van der Waals surface area (Å²) in [7, 11) is 0. The lowest BCUT2D eigenvalue weighted by atomic mass is 10.2. The van der Waals surface area contributed by atoms with Crippen molar-refractivity contribution < 1.29 is 14.3 Å². The molecule has 6 heteroatoms. The van der Waals surface area contributed by atoms with Crippen LogP contribution in [0.15, 0.2) is 42.5 Å². The number of hydrogen-bond donors (Lipinski definition) is 0. The SMILES string of the molecule is O=C(COc1ccc(CI)cc1)Oc1ccc(Cl)cc1Cl. The number of halogens is 3. The number of ether oxygens (including phenoxy) is 2. The molecule has 0 atom stereocenters. The average molecular weight is 437 g/mol. The van der Waals surface area contributed by atoms with Gasteiger partial charge in [-0.05, 0) is 35.9 Å². The summed E-state index contributed by atoms with van der Waals surface area (Å²) in [4.78, 5) is 11.7. The van der Waals surface area contributed by atoms with Crippen molar-refractivity contribution in [1.82, 2.24) is 0 Å². The van der Waals surface area contributed by atoms with Crippen LogP contribution in [0.1, 0.15) is 5.56 Å². The van der Waals surface area contributed by atoms with Crippen LogP contribution in [-0.2, 0) is 9.22 Å². The van der Waals surface area contributed by atoms with Crippen molar-refractivity contribution in [1.29, 1.82) is 0 Å². The third kappa shape index (κ3) is 5.05. The summed E-state index contributed by atoms with van der Waals surface area (Å²) < 4.78 is 11.4. The Morgan fingerprint density at radius 3 is 2.43 bits per heavy atom. The Bertz CT molecular complexity index is 629. The van der Waals surface area contributed by atoms with Gasteiger partial charge in [0.1, 0.15) is 11.5 Å². The number of alkyl halides is 1. The molecule has 0 amide bonds. The molecule has 0 heterocycles. The fourth-order valence-corrected chi connectivity index (χ4v) is 2.48. The molecule has 0 radical (unpaired) electrons. The van der Waals surface area contributed by atoms with Gasteiger partial charge in [-0.15, -0.1) is 0 Å². The van der Waals surface area contributed by atoms with Gasteiger partial charge in [-0.1, -0.05) is 57.9 Å². The summed E-state index contributed by atoms with van der Waals surface area (Å²) >= 11 is 14.0. The monoisotopic (exact) mass is 436 g/mol. The zero-order chi connectivity index (χ0) is 15.2. The van der Waals surface area contributed by atoms with Gasteiger partial charge in [0.15, 0.2) is 6.61 Å². The van der Waals surface area contributed by atoms with Gasteiger partial charge in [-0.2, -0.15) is 0 Å². The van der Waals surface area contributed by atoms with Crippen LogP contribution >= 0.6 is 45.8 Å². The van der Waals surface area contributed by atoms with E-state index in [-0.39, 0.29) is 17.4 Å². The summed E-state index contributed by atoms with van der Waals surface area (Å²) in [5.41, 5.74) is 1.19. The Balaban J connectivity index is 1.89. The number of carbonyl (C=O) groups excluding carboxylic acids is 1. The topological polar surface area (TPSA) is 35.5 Å². The number of hydrogen-bond acceptors (Lipinski definition) is 3. The third-order valence-corrected chi connectivity index (χ3v) is 3.96. The highest BCUT2D eigenvalue weighted by Crippen LogP contribution is 2.27.